The maximum absolute atomic E-state index is 5.55. The van der Waals surface area contributed by atoms with E-state index >= 15 is 0 Å². The maximum Gasteiger partial charge on any atom is 0.169 e. The third-order valence-corrected chi connectivity index (χ3v) is 4.76. The van der Waals surface area contributed by atoms with Gasteiger partial charge >= 0.3 is 0 Å². The van der Waals surface area contributed by atoms with E-state index in [4.69, 9.17) is 12.2 Å². The average Bonchev–Trinajstić information content (AvgIpc) is 2.79. The van der Waals surface area contributed by atoms with Crippen molar-refractivity contribution in [1.29, 1.82) is 0 Å². The molecule has 1 aliphatic heterocycles. The summed E-state index contributed by atoms with van der Waals surface area (Å²) in [5, 5.41) is 4.59. The smallest absolute Gasteiger partial charge is 0.169 e. The summed E-state index contributed by atoms with van der Waals surface area (Å²) in [4.78, 5) is 2.38. The maximum atomic E-state index is 5.55. The lowest BCUT2D eigenvalue weighted by Gasteiger charge is -2.28. The van der Waals surface area contributed by atoms with E-state index in [1.54, 1.807) is 0 Å². The van der Waals surface area contributed by atoms with Crippen molar-refractivity contribution in [3.63, 3.8) is 0 Å². The first-order chi connectivity index (χ1) is 8.16. The molecule has 1 saturated heterocycles. The Hall–Kier alpha value is -0.310. The number of hydrogen-bond acceptors (Lipinski definition) is 1. The van der Waals surface area contributed by atoms with E-state index in [0.29, 0.717) is 6.04 Å². The van der Waals surface area contributed by atoms with E-state index in [1.807, 2.05) is 0 Å². The molecule has 1 N–H and O–H groups in total. The van der Waals surface area contributed by atoms with Crippen molar-refractivity contribution < 1.29 is 0 Å². The highest BCUT2D eigenvalue weighted by atomic mass is 32.1. The lowest BCUT2D eigenvalue weighted by atomic mass is 9.95. The van der Waals surface area contributed by atoms with Crippen LogP contribution in [0.25, 0.3) is 0 Å². The second-order valence-electron chi connectivity index (χ2n) is 6.02. The first kappa shape index (κ1) is 13.1. The zero-order chi connectivity index (χ0) is 12.3. The fourth-order valence-electron chi connectivity index (χ4n) is 3.03. The van der Waals surface area contributed by atoms with Crippen LogP contribution in [-0.4, -0.2) is 29.1 Å². The summed E-state index contributed by atoms with van der Waals surface area (Å²) >= 11 is 5.55. The van der Waals surface area contributed by atoms with Gasteiger partial charge in [0.25, 0.3) is 0 Å². The molecule has 0 aromatic rings. The Balaban J connectivity index is 1.76. The van der Waals surface area contributed by atoms with Crippen molar-refractivity contribution in [2.45, 2.75) is 58.4 Å². The van der Waals surface area contributed by atoms with E-state index in [1.165, 1.54) is 38.5 Å². The van der Waals surface area contributed by atoms with Crippen LogP contribution < -0.4 is 5.32 Å². The summed E-state index contributed by atoms with van der Waals surface area (Å²) in [5.74, 6) is 1.62. The van der Waals surface area contributed by atoms with Gasteiger partial charge in [-0.2, -0.15) is 0 Å². The van der Waals surface area contributed by atoms with Gasteiger partial charge in [0, 0.05) is 19.1 Å². The molecule has 1 saturated carbocycles. The van der Waals surface area contributed by atoms with Crippen molar-refractivity contribution >= 4 is 17.3 Å². The Morgan fingerprint density at radius 2 is 1.88 bits per heavy atom. The first-order valence-corrected chi connectivity index (χ1v) is 7.63. The number of nitrogens with one attached hydrogen (secondary N) is 1. The molecule has 2 fully saturated rings. The van der Waals surface area contributed by atoms with E-state index in [9.17, 15) is 0 Å². The zero-order valence-electron chi connectivity index (χ0n) is 11.2. The third kappa shape index (κ3) is 3.57. The van der Waals surface area contributed by atoms with E-state index in [2.05, 4.69) is 24.1 Å². The minimum absolute atomic E-state index is 0.648. The van der Waals surface area contributed by atoms with Crippen LogP contribution in [-0.2, 0) is 0 Å². The largest absolute Gasteiger partial charge is 0.360 e. The predicted molar refractivity (Wildman–Crippen MR) is 77.1 cm³/mol. The molecule has 17 heavy (non-hydrogen) atoms. The molecule has 98 valence electrons. The van der Waals surface area contributed by atoms with Crippen LogP contribution in [0.1, 0.15) is 52.4 Å². The summed E-state index contributed by atoms with van der Waals surface area (Å²) in [6.07, 6.45) is 8.07. The highest BCUT2D eigenvalue weighted by molar-refractivity contribution is 7.80. The SMILES string of the molecule is CC(C)C1CCN(C(=S)NC2CCCCC2)C1. The molecule has 1 atom stereocenters. The number of thiocarbonyl (C=S) groups is 1. The average molecular weight is 254 g/mol. The van der Waals surface area contributed by atoms with Crippen molar-refractivity contribution in [3.8, 4) is 0 Å². The Labute approximate surface area is 111 Å². The van der Waals surface area contributed by atoms with Gasteiger partial charge < -0.3 is 10.2 Å². The molecular weight excluding hydrogens is 228 g/mol. The molecule has 2 rings (SSSR count). The highest BCUT2D eigenvalue weighted by Crippen LogP contribution is 2.24. The van der Waals surface area contributed by atoms with Crippen molar-refractivity contribution in [2.75, 3.05) is 13.1 Å². The van der Waals surface area contributed by atoms with E-state index in [0.717, 1.165) is 30.0 Å². The van der Waals surface area contributed by atoms with Crippen LogP contribution in [0, 0.1) is 11.8 Å². The van der Waals surface area contributed by atoms with Crippen LogP contribution in [0.2, 0.25) is 0 Å². The Morgan fingerprint density at radius 1 is 1.18 bits per heavy atom. The quantitative estimate of drug-likeness (QED) is 0.762. The molecule has 2 aliphatic rings. The molecule has 0 radical (unpaired) electrons. The number of likely N-dealkylation sites (tertiary alicyclic amines) is 1. The van der Waals surface area contributed by atoms with Gasteiger partial charge in [0.2, 0.25) is 0 Å². The Bertz CT molecular complexity index is 259. The molecule has 0 spiro atoms. The van der Waals surface area contributed by atoms with Gasteiger partial charge in [-0.25, -0.2) is 0 Å². The van der Waals surface area contributed by atoms with Gasteiger partial charge in [-0.1, -0.05) is 33.1 Å². The molecule has 3 heteroatoms. The van der Waals surface area contributed by atoms with Crippen LogP contribution in [0.3, 0.4) is 0 Å². The molecular formula is C14H26N2S. The van der Waals surface area contributed by atoms with Gasteiger partial charge in [0.15, 0.2) is 5.11 Å². The first-order valence-electron chi connectivity index (χ1n) is 7.22. The van der Waals surface area contributed by atoms with Gasteiger partial charge in [0.05, 0.1) is 0 Å². The van der Waals surface area contributed by atoms with Gasteiger partial charge in [0.1, 0.15) is 0 Å². The molecule has 2 nitrogen and oxygen atoms in total. The summed E-state index contributed by atoms with van der Waals surface area (Å²) in [6.45, 7) is 6.97. The molecule has 1 aliphatic carbocycles. The summed E-state index contributed by atoms with van der Waals surface area (Å²) in [6, 6.07) is 0.648. The number of hydrogen-bond donors (Lipinski definition) is 1. The van der Waals surface area contributed by atoms with Crippen molar-refractivity contribution in [1.82, 2.24) is 10.2 Å². The van der Waals surface area contributed by atoms with E-state index < -0.39 is 0 Å². The van der Waals surface area contributed by atoms with Crippen LogP contribution >= 0.6 is 12.2 Å². The van der Waals surface area contributed by atoms with Crippen molar-refractivity contribution in [2.24, 2.45) is 11.8 Å². The van der Waals surface area contributed by atoms with Crippen molar-refractivity contribution in [3.05, 3.63) is 0 Å². The fraction of sp³-hybridized carbons (Fsp3) is 0.929. The van der Waals surface area contributed by atoms with E-state index in [-0.39, 0.29) is 0 Å². The number of rotatable bonds is 2. The van der Waals surface area contributed by atoms with Gasteiger partial charge in [-0.3, -0.25) is 0 Å². The molecule has 0 bridgehead atoms. The molecule has 0 amide bonds. The standard InChI is InChI=1S/C14H26N2S/c1-11(2)12-8-9-16(10-12)14(17)15-13-6-4-3-5-7-13/h11-13H,3-10H2,1-2H3,(H,15,17). The topological polar surface area (TPSA) is 15.3 Å². The van der Waals surface area contributed by atoms with Gasteiger partial charge in [-0.15, -0.1) is 0 Å². The van der Waals surface area contributed by atoms with Crippen LogP contribution in [0.5, 0.6) is 0 Å². The highest BCUT2D eigenvalue weighted by Gasteiger charge is 2.27. The molecule has 0 aromatic heterocycles. The lowest BCUT2D eigenvalue weighted by Crippen LogP contribution is -2.44. The fourth-order valence-corrected chi connectivity index (χ4v) is 3.36. The number of nitrogens with zero attached hydrogens (tertiary/aromatic N) is 1. The molecule has 1 heterocycles. The minimum Gasteiger partial charge on any atom is -0.360 e. The van der Waals surface area contributed by atoms with Crippen LogP contribution in [0.15, 0.2) is 0 Å². The van der Waals surface area contributed by atoms with Crippen LogP contribution in [0.4, 0.5) is 0 Å². The second-order valence-corrected chi connectivity index (χ2v) is 6.41. The zero-order valence-corrected chi connectivity index (χ0v) is 12.1. The summed E-state index contributed by atoms with van der Waals surface area (Å²) in [7, 11) is 0. The molecule has 1 unspecified atom stereocenters. The third-order valence-electron chi connectivity index (χ3n) is 4.39. The van der Waals surface area contributed by atoms with Gasteiger partial charge in [-0.05, 0) is 43.3 Å². The minimum atomic E-state index is 0.648. The monoisotopic (exact) mass is 254 g/mol. The second kappa shape index (κ2) is 6.03. The summed E-state index contributed by atoms with van der Waals surface area (Å²) in [5.41, 5.74) is 0. The predicted octanol–water partition coefficient (Wildman–Crippen LogP) is 3.17. The molecule has 0 aromatic carbocycles. The normalized spacial score (nSPS) is 26.5. The Kier molecular flexibility index (Phi) is 4.66. The lowest BCUT2D eigenvalue weighted by molar-refractivity contribution is 0.371. The summed E-state index contributed by atoms with van der Waals surface area (Å²) < 4.78 is 0. The Morgan fingerprint density at radius 3 is 2.47 bits per heavy atom.